The van der Waals surface area contributed by atoms with Gasteiger partial charge in [-0.15, -0.1) is 0 Å². The van der Waals surface area contributed by atoms with E-state index >= 15 is 0 Å². The van der Waals surface area contributed by atoms with Crippen molar-refractivity contribution >= 4 is 35.5 Å². The van der Waals surface area contributed by atoms with Gasteiger partial charge in [0.15, 0.2) is 18.1 Å². The molecule has 5 amide bonds. The summed E-state index contributed by atoms with van der Waals surface area (Å²) < 4.78 is 10.9. The van der Waals surface area contributed by atoms with Gasteiger partial charge in [-0.2, -0.15) is 0 Å². The molecule has 0 unspecified atom stereocenters. The van der Waals surface area contributed by atoms with Crippen LogP contribution in [0.2, 0.25) is 0 Å². The first-order chi connectivity index (χ1) is 14.8. The molecule has 0 bridgehead atoms. The second-order valence-corrected chi connectivity index (χ2v) is 6.86. The number of ether oxygens (including phenoxy) is 2. The molecule has 1 aliphatic heterocycles. The van der Waals surface area contributed by atoms with Crippen molar-refractivity contribution in [3.8, 4) is 11.5 Å². The zero-order valence-electron chi connectivity index (χ0n) is 17.2. The van der Waals surface area contributed by atoms with Crippen molar-refractivity contribution in [3.63, 3.8) is 0 Å². The number of methoxy groups -OCH3 is 1. The standard InChI is InChI=1S/C22H21N3O6/c1-12-4-5-13(2)16(8-12)23-19(26)11-31-17-7-6-14(10-18(17)30-3)9-15-20(27)24-22(29)25-21(15)28/h4-10H,11H2,1-3H3,(H,23,26)(H2,24,25,27,28,29). The van der Waals surface area contributed by atoms with E-state index in [2.05, 4.69) is 5.32 Å². The van der Waals surface area contributed by atoms with Gasteiger partial charge in [0.2, 0.25) is 0 Å². The highest BCUT2D eigenvalue weighted by Crippen LogP contribution is 2.29. The Labute approximate surface area is 178 Å². The van der Waals surface area contributed by atoms with E-state index in [9.17, 15) is 19.2 Å². The number of hydrogen-bond donors (Lipinski definition) is 3. The van der Waals surface area contributed by atoms with E-state index in [0.29, 0.717) is 22.7 Å². The molecular weight excluding hydrogens is 402 g/mol. The average molecular weight is 423 g/mol. The highest BCUT2D eigenvalue weighted by molar-refractivity contribution is 6.31. The third-order valence-corrected chi connectivity index (χ3v) is 4.47. The molecule has 9 nitrogen and oxygen atoms in total. The number of carbonyl (C=O) groups is 4. The van der Waals surface area contributed by atoms with Crippen LogP contribution in [0.5, 0.6) is 11.5 Å². The lowest BCUT2D eigenvalue weighted by Crippen LogP contribution is -2.51. The van der Waals surface area contributed by atoms with E-state index in [1.807, 2.05) is 42.7 Å². The molecule has 3 rings (SSSR count). The Kier molecular flexibility index (Phi) is 6.35. The van der Waals surface area contributed by atoms with Crippen molar-refractivity contribution in [1.29, 1.82) is 0 Å². The molecule has 0 radical (unpaired) electrons. The van der Waals surface area contributed by atoms with Crippen molar-refractivity contribution in [1.82, 2.24) is 10.6 Å². The largest absolute Gasteiger partial charge is 0.493 e. The second-order valence-electron chi connectivity index (χ2n) is 6.86. The van der Waals surface area contributed by atoms with Crippen LogP contribution in [0.15, 0.2) is 42.0 Å². The highest BCUT2D eigenvalue weighted by atomic mass is 16.5. The lowest BCUT2D eigenvalue weighted by Gasteiger charge is -2.15. The number of barbiturate groups is 1. The van der Waals surface area contributed by atoms with Crippen LogP contribution in [0, 0.1) is 13.8 Å². The van der Waals surface area contributed by atoms with Crippen molar-refractivity contribution < 1.29 is 28.7 Å². The Hall–Kier alpha value is -4.14. The third kappa shape index (κ3) is 5.27. The summed E-state index contributed by atoms with van der Waals surface area (Å²) in [7, 11) is 1.42. The maximum atomic E-state index is 12.3. The molecule has 160 valence electrons. The molecule has 0 atom stereocenters. The topological polar surface area (TPSA) is 123 Å². The van der Waals surface area contributed by atoms with Gasteiger partial charge in [0.25, 0.3) is 17.7 Å². The molecule has 1 fully saturated rings. The number of amides is 5. The number of hydrogen-bond acceptors (Lipinski definition) is 6. The summed E-state index contributed by atoms with van der Waals surface area (Å²) in [5, 5.41) is 6.81. The highest BCUT2D eigenvalue weighted by Gasteiger charge is 2.27. The first-order valence-corrected chi connectivity index (χ1v) is 9.33. The van der Waals surface area contributed by atoms with Crippen LogP contribution in [0.4, 0.5) is 10.5 Å². The first-order valence-electron chi connectivity index (χ1n) is 9.33. The van der Waals surface area contributed by atoms with Gasteiger partial charge in [0, 0.05) is 5.69 Å². The molecule has 0 aliphatic carbocycles. The lowest BCUT2D eigenvalue weighted by atomic mass is 10.1. The molecule has 31 heavy (non-hydrogen) atoms. The predicted octanol–water partition coefficient (Wildman–Crippen LogP) is 2.08. The van der Waals surface area contributed by atoms with Crippen LogP contribution in [-0.2, 0) is 14.4 Å². The van der Waals surface area contributed by atoms with Gasteiger partial charge in [-0.25, -0.2) is 4.79 Å². The number of imide groups is 2. The molecule has 3 N–H and O–H groups in total. The summed E-state index contributed by atoms with van der Waals surface area (Å²) in [6, 6.07) is 9.58. The Morgan fingerprint density at radius 1 is 1.00 bits per heavy atom. The Bertz CT molecular complexity index is 1080. The summed E-state index contributed by atoms with van der Waals surface area (Å²) in [5.41, 5.74) is 2.93. The minimum absolute atomic E-state index is 0.219. The minimum atomic E-state index is -0.868. The van der Waals surface area contributed by atoms with Crippen molar-refractivity contribution in [3.05, 3.63) is 58.7 Å². The maximum Gasteiger partial charge on any atom is 0.328 e. The third-order valence-electron chi connectivity index (χ3n) is 4.47. The molecule has 9 heteroatoms. The second kappa shape index (κ2) is 9.12. The van der Waals surface area contributed by atoms with Gasteiger partial charge in [0.05, 0.1) is 7.11 Å². The normalized spacial score (nSPS) is 13.3. The molecule has 1 aliphatic rings. The van der Waals surface area contributed by atoms with Gasteiger partial charge in [-0.05, 0) is 54.8 Å². The summed E-state index contributed by atoms with van der Waals surface area (Å²) in [5.74, 6) is -1.30. The van der Waals surface area contributed by atoms with Gasteiger partial charge in [0.1, 0.15) is 5.57 Å². The zero-order valence-corrected chi connectivity index (χ0v) is 17.2. The fraction of sp³-hybridized carbons (Fsp3) is 0.182. The smallest absolute Gasteiger partial charge is 0.328 e. The zero-order chi connectivity index (χ0) is 22.5. The number of aryl methyl sites for hydroxylation is 2. The number of nitrogens with one attached hydrogen (secondary N) is 3. The molecule has 2 aromatic rings. The van der Waals surface area contributed by atoms with Crippen LogP contribution >= 0.6 is 0 Å². The van der Waals surface area contributed by atoms with E-state index in [4.69, 9.17) is 9.47 Å². The number of benzene rings is 2. The van der Waals surface area contributed by atoms with E-state index < -0.39 is 17.8 Å². The SMILES string of the molecule is COc1cc(C=C2C(=O)NC(=O)NC2=O)ccc1OCC(=O)Nc1cc(C)ccc1C. The summed E-state index contributed by atoms with van der Waals surface area (Å²) in [4.78, 5) is 47.1. The van der Waals surface area contributed by atoms with Crippen molar-refractivity contribution in [2.75, 3.05) is 19.0 Å². The van der Waals surface area contributed by atoms with E-state index in [1.54, 1.807) is 18.2 Å². The Morgan fingerprint density at radius 2 is 1.71 bits per heavy atom. The van der Waals surface area contributed by atoms with E-state index in [-0.39, 0.29) is 18.1 Å². The molecular formula is C22H21N3O6. The molecule has 2 aromatic carbocycles. The van der Waals surface area contributed by atoms with Gasteiger partial charge >= 0.3 is 6.03 Å². The van der Waals surface area contributed by atoms with Crippen LogP contribution in [-0.4, -0.2) is 37.5 Å². The fourth-order valence-corrected chi connectivity index (χ4v) is 2.87. The summed E-state index contributed by atoms with van der Waals surface area (Å²) >= 11 is 0. The van der Waals surface area contributed by atoms with E-state index in [0.717, 1.165) is 11.1 Å². The molecule has 0 saturated carbocycles. The van der Waals surface area contributed by atoms with Crippen molar-refractivity contribution in [2.24, 2.45) is 0 Å². The quantitative estimate of drug-likeness (QED) is 0.483. The monoisotopic (exact) mass is 423 g/mol. The molecule has 1 heterocycles. The van der Waals surface area contributed by atoms with Crippen LogP contribution in [0.3, 0.4) is 0 Å². The van der Waals surface area contributed by atoms with Gasteiger partial charge in [-0.1, -0.05) is 18.2 Å². The molecule has 0 aromatic heterocycles. The minimum Gasteiger partial charge on any atom is -0.493 e. The lowest BCUT2D eigenvalue weighted by molar-refractivity contribution is -0.124. The summed E-state index contributed by atoms with van der Waals surface area (Å²) in [6.07, 6.45) is 1.32. The number of carbonyl (C=O) groups excluding carboxylic acids is 4. The number of anilines is 1. The predicted molar refractivity (Wildman–Crippen MR) is 113 cm³/mol. The number of rotatable bonds is 6. The van der Waals surface area contributed by atoms with Gasteiger partial charge < -0.3 is 14.8 Å². The van der Waals surface area contributed by atoms with Crippen LogP contribution in [0.1, 0.15) is 16.7 Å². The first kappa shape index (κ1) is 21.6. The average Bonchev–Trinajstić information content (AvgIpc) is 2.72. The molecule has 1 saturated heterocycles. The fourth-order valence-electron chi connectivity index (χ4n) is 2.87. The van der Waals surface area contributed by atoms with Crippen LogP contribution in [0.25, 0.3) is 6.08 Å². The Morgan fingerprint density at radius 3 is 2.39 bits per heavy atom. The summed E-state index contributed by atoms with van der Waals surface area (Å²) in [6.45, 7) is 3.60. The Balaban J connectivity index is 1.70. The van der Waals surface area contributed by atoms with Crippen LogP contribution < -0.4 is 25.4 Å². The van der Waals surface area contributed by atoms with Crippen molar-refractivity contribution in [2.45, 2.75) is 13.8 Å². The maximum absolute atomic E-state index is 12.3. The van der Waals surface area contributed by atoms with E-state index in [1.165, 1.54) is 13.2 Å². The molecule has 0 spiro atoms. The van der Waals surface area contributed by atoms with Gasteiger partial charge in [-0.3, -0.25) is 25.0 Å². The number of urea groups is 1.